The molecule has 6 rings (SSSR count). The van der Waals surface area contributed by atoms with E-state index in [4.69, 9.17) is 9.51 Å². The molecule has 1 N–H and O–H groups in total. The van der Waals surface area contributed by atoms with E-state index >= 15 is 0 Å². The molecule has 1 saturated heterocycles. The summed E-state index contributed by atoms with van der Waals surface area (Å²) in [6.07, 6.45) is 3.27. The fraction of sp³-hybridized carbons (Fsp3) is 0.200. The van der Waals surface area contributed by atoms with Crippen molar-refractivity contribution in [1.82, 2.24) is 14.5 Å². The third kappa shape index (κ3) is 4.21. The molecule has 2 aromatic carbocycles. The number of rotatable bonds is 5. The lowest BCUT2D eigenvalue weighted by molar-refractivity contribution is -0.120. The number of fused-ring (bicyclic) bond motifs is 1. The lowest BCUT2D eigenvalue weighted by Crippen LogP contribution is -2.38. The molecule has 8 nitrogen and oxygen atoms in total. The minimum absolute atomic E-state index is 0.135. The maximum atomic E-state index is 14.3. The molecule has 0 spiro atoms. The maximum Gasteiger partial charge on any atom is 0.335 e. The number of aromatic carboxylic acids is 1. The molecule has 202 valence electrons. The van der Waals surface area contributed by atoms with Gasteiger partial charge in [-0.2, -0.15) is 0 Å². The number of piperidine rings is 1. The predicted octanol–water partition coefficient (Wildman–Crippen LogP) is 6.51. The van der Waals surface area contributed by atoms with Crippen LogP contribution >= 0.6 is 0 Å². The third-order valence-corrected chi connectivity index (χ3v) is 7.33. The van der Waals surface area contributed by atoms with Crippen molar-refractivity contribution in [3.8, 4) is 22.4 Å². The number of nitrogens with zero attached hydrogens (tertiary/aromatic N) is 4. The quantitative estimate of drug-likeness (QED) is 0.272. The number of hydrogen-bond donors (Lipinski definition) is 1. The van der Waals surface area contributed by atoms with E-state index in [1.165, 1.54) is 23.1 Å². The van der Waals surface area contributed by atoms with Gasteiger partial charge in [0.05, 0.1) is 28.7 Å². The lowest BCUT2D eigenvalue weighted by Gasteiger charge is -2.35. The molecule has 1 amide bonds. The summed E-state index contributed by atoms with van der Waals surface area (Å²) < 4.78 is 35.3. The Morgan fingerprint density at radius 1 is 1.02 bits per heavy atom. The summed E-state index contributed by atoms with van der Waals surface area (Å²) >= 11 is 0. The largest absolute Gasteiger partial charge is 0.478 e. The van der Waals surface area contributed by atoms with Crippen molar-refractivity contribution >= 4 is 23.2 Å². The number of carboxylic acid groups (broad SMARTS) is 1. The van der Waals surface area contributed by atoms with Gasteiger partial charge in [0.1, 0.15) is 11.4 Å². The Morgan fingerprint density at radius 3 is 2.48 bits per heavy atom. The van der Waals surface area contributed by atoms with E-state index in [1.807, 2.05) is 36.6 Å². The second-order valence-corrected chi connectivity index (χ2v) is 9.84. The van der Waals surface area contributed by atoms with Crippen LogP contribution in [-0.2, 0) is 4.79 Å². The number of benzene rings is 2. The number of pyridine rings is 1. The van der Waals surface area contributed by atoms with Crippen molar-refractivity contribution in [1.29, 1.82) is 0 Å². The number of anilines is 1. The normalized spacial score (nSPS) is 15.7. The molecule has 5 aromatic rings. The standard InChI is InChI=1S/C30H24F2N4O4/c1-16-27(17(2)40-34-16)20-12-13-35-25(14-20)33-28(29(35)18-6-8-19(9-7-18)30(38)39)24-4-3-5-26(37)36(24)21-10-11-22(31)23(32)15-21/h6-15,24H,3-5H2,1-2H3,(H,38,39)/t24-/m0/s1. The monoisotopic (exact) mass is 542 g/mol. The molecular weight excluding hydrogens is 518 g/mol. The first-order valence-electron chi connectivity index (χ1n) is 12.8. The fourth-order valence-electron chi connectivity index (χ4n) is 5.49. The SMILES string of the molecule is Cc1noc(C)c1-c1ccn2c(-c3ccc(C(=O)O)cc3)c([C@@H]3CCCC(=O)N3c3ccc(F)c(F)c3)nc2c1. The smallest absolute Gasteiger partial charge is 0.335 e. The number of aromatic nitrogens is 3. The van der Waals surface area contributed by atoms with Crippen LogP contribution in [0.4, 0.5) is 14.5 Å². The fourth-order valence-corrected chi connectivity index (χ4v) is 5.49. The molecule has 3 aromatic heterocycles. The number of halogens is 2. The summed E-state index contributed by atoms with van der Waals surface area (Å²) in [5.41, 5.74) is 5.35. The molecule has 1 aliphatic heterocycles. The maximum absolute atomic E-state index is 14.3. The van der Waals surface area contributed by atoms with Crippen molar-refractivity contribution in [3.63, 3.8) is 0 Å². The number of aryl methyl sites for hydroxylation is 2. The van der Waals surface area contributed by atoms with Crippen LogP contribution < -0.4 is 4.90 Å². The van der Waals surface area contributed by atoms with Gasteiger partial charge in [0.25, 0.3) is 0 Å². The summed E-state index contributed by atoms with van der Waals surface area (Å²) in [6, 6.07) is 13.1. The zero-order valence-electron chi connectivity index (χ0n) is 21.7. The Labute approximate surface area is 227 Å². The van der Waals surface area contributed by atoms with Gasteiger partial charge in [-0.25, -0.2) is 18.6 Å². The third-order valence-electron chi connectivity index (χ3n) is 7.33. The molecule has 0 aliphatic carbocycles. The van der Waals surface area contributed by atoms with Gasteiger partial charge in [0.15, 0.2) is 11.6 Å². The molecule has 0 bridgehead atoms. The van der Waals surface area contributed by atoms with E-state index in [0.717, 1.165) is 29.0 Å². The molecule has 1 atom stereocenters. The zero-order valence-corrected chi connectivity index (χ0v) is 21.7. The Bertz CT molecular complexity index is 1770. The topological polar surface area (TPSA) is 101 Å². The average molecular weight is 543 g/mol. The summed E-state index contributed by atoms with van der Waals surface area (Å²) in [4.78, 5) is 31.2. The molecule has 0 saturated carbocycles. The molecular formula is C30H24F2N4O4. The van der Waals surface area contributed by atoms with Gasteiger partial charge < -0.3 is 14.5 Å². The Balaban J connectivity index is 1.57. The highest BCUT2D eigenvalue weighted by atomic mass is 19.2. The predicted molar refractivity (Wildman–Crippen MR) is 143 cm³/mol. The van der Waals surface area contributed by atoms with Gasteiger partial charge in [0.2, 0.25) is 5.91 Å². The number of amides is 1. The van der Waals surface area contributed by atoms with E-state index in [-0.39, 0.29) is 23.6 Å². The van der Waals surface area contributed by atoms with Gasteiger partial charge in [-0.15, -0.1) is 0 Å². The Morgan fingerprint density at radius 2 is 1.80 bits per heavy atom. The van der Waals surface area contributed by atoms with E-state index in [2.05, 4.69) is 5.16 Å². The Kier molecular flexibility index (Phi) is 6.17. The highest BCUT2D eigenvalue weighted by molar-refractivity contribution is 5.95. The first-order valence-corrected chi connectivity index (χ1v) is 12.8. The number of carboxylic acids is 1. The van der Waals surface area contributed by atoms with Crippen LogP contribution in [0.5, 0.6) is 0 Å². The van der Waals surface area contributed by atoms with Crippen LogP contribution in [-0.4, -0.2) is 31.5 Å². The second kappa shape index (κ2) is 9.71. The van der Waals surface area contributed by atoms with Crippen molar-refractivity contribution in [2.75, 3.05) is 4.90 Å². The molecule has 4 heterocycles. The number of hydrogen-bond acceptors (Lipinski definition) is 5. The van der Waals surface area contributed by atoms with Crippen molar-refractivity contribution < 1.29 is 28.0 Å². The van der Waals surface area contributed by atoms with Gasteiger partial charge in [-0.05, 0) is 68.7 Å². The minimum Gasteiger partial charge on any atom is -0.478 e. The Hall–Kier alpha value is -4.86. The van der Waals surface area contributed by atoms with Gasteiger partial charge in [-0.3, -0.25) is 9.20 Å². The molecule has 40 heavy (non-hydrogen) atoms. The van der Waals surface area contributed by atoms with E-state index in [1.54, 1.807) is 12.1 Å². The number of carbonyl (C=O) groups excluding carboxylic acids is 1. The van der Waals surface area contributed by atoms with Crippen LogP contribution in [0, 0.1) is 25.5 Å². The number of imidazole rings is 1. The van der Waals surface area contributed by atoms with Crippen molar-refractivity contribution in [2.24, 2.45) is 0 Å². The summed E-state index contributed by atoms with van der Waals surface area (Å²) in [5.74, 6) is -2.64. The van der Waals surface area contributed by atoms with Gasteiger partial charge in [-0.1, -0.05) is 17.3 Å². The molecule has 1 aliphatic rings. The van der Waals surface area contributed by atoms with Crippen molar-refractivity contribution in [2.45, 2.75) is 39.2 Å². The highest BCUT2D eigenvalue weighted by Crippen LogP contribution is 2.41. The van der Waals surface area contributed by atoms with Crippen LogP contribution in [0.3, 0.4) is 0 Å². The zero-order chi connectivity index (χ0) is 28.1. The highest BCUT2D eigenvalue weighted by Gasteiger charge is 2.35. The lowest BCUT2D eigenvalue weighted by atomic mass is 9.94. The summed E-state index contributed by atoms with van der Waals surface area (Å²) in [5, 5.41) is 13.5. The van der Waals surface area contributed by atoms with Crippen molar-refractivity contribution in [3.05, 3.63) is 95.1 Å². The van der Waals surface area contributed by atoms with Crippen LogP contribution in [0.25, 0.3) is 28.0 Å². The van der Waals surface area contributed by atoms with Gasteiger partial charge >= 0.3 is 5.97 Å². The summed E-state index contributed by atoms with van der Waals surface area (Å²) in [7, 11) is 0. The van der Waals surface area contributed by atoms with Crippen LogP contribution in [0.2, 0.25) is 0 Å². The average Bonchev–Trinajstić information content (AvgIpc) is 3.48. The van der Waals surface area contributed by atoms with Crippen LogP contribution in [0.15, 0.2) is 65.3 Å². The van der Waals surface area contributed by atoms with E-state index in [0.29, 0.717) is 41.2 Å². The number of carbonyl (C=O) groups is 2. The molecule has 1 fully saturated rings. The minimum atomic E-state index is -1.04. The first-order chi connectivity index (χ1) is 19.2. The summed E-state index contributed by atoms with van der Waals surface area (Å²) in [6.45, 7) is 3.69. The van der Waals surface area contributed by atoms with Gasteiger partial charge in [0, 0.05) is 35.5 Å². The molecule has 10 heteroatoms. The van der Waals surface area contributed by atoms with Crippen LogP contribution in [0.1, 0.15) is 52.8 Å². The molecule has 0 radical (unpaired) electrons. The van der Waals surface area contributed by atoms with E-state index < -0.39 is 23.6 Å². The second-order valence-electron chi connectivity index (χ2n) is 9.84. The van der Waals surface area contributed by atoms with E-state index in [9.17, 15) is 23.5 Å². The first kappa shape index (κ1) is 25.4. The molecule has 0 unspecified atom stereocenters.